The number of aryl methyl sites for hydroxylation is 1. The number of rotatable bonds is 3. The van der Waals surface area contributed by atoms with Gasteiger partial charge in [-0.1, -0.05) is 48.5 Å². The van der Waals surface area contributed by atoms with Gasteiger partial charge in [0.25, 0.3) is 0 Å². The van der Waals surface area contributed by atoms with E-state index in [-0.39, 0.29) is 25.7 Å². The Morgan fingerprint density at radius 3 is 2.14 bits per heavy atom. The van der Waals surface area contributed by atoms with Crippen molar-refractivity contribution in [3.63, 3.8) is 0 Å². The molecule has 0 spiro atoms. The van der Waals surface area contributed by atoms with Crippen molar-refractivity contribution >= 4 is 0 Å². The topological polar surface area (TPSA) is 25.8 Å². The fourth-order valence-corrected chi connectivity index (χ4v) is 3.32. The van der Waals surface area contributed by atoms with Gasteiger partial charge in [-0.05, 0) is 41.1 Å². The average Bonchev–Trinajstić information content (AvgIpc) is 2.89. The molecule has 2 nitrogen and oxygen atoms in total. The van der Waals surface area contributed by atoms with Gasteiger partial charge in [0.2, 0.25) is 0 Å². The molecular formula is C29H19F3IrN2-2. The van der Waals surface area contributed by atoms with Gasteiger partial charge >= 0.3 is 0 Å². The Balaban J connectivity index is 0.000000223. The van der Waals surface area contributed by atoms with Crippen molar-refractivity contribution in [2.24, 2.45) is 0 Å². The van der Waals surface area contributed by atoms with E-state index in [9.17, 15) is 13.2 Å². The summed E-state index contributed by atoms with van der Waals surface area (Å²) in [5.74, 6) is -4.13. The second-order valence-electron chi connectivity index (χ2n) is 7.40. The number of aromatic nitrogens is 2. The van der Waals surface area contributed by atoms with Crippen LogP contribution in [0.3, 0.4) is 0 Å². The molecule has 0 amide bonds. The molecule has 0 bridgehead atoms. The Labute approximate surface area is 215 Å². The second-order valence-corrected chi connectivity index (χ2v) is 7.40. The molecule has 6 heteroatoms. The van der Waals surface area contributed by atoms with Crippen LogP contribution >= 0.6 is 0 Å². The molecule has 0 saturated heterocycles. The molecular weight excluding hydrogens is 626 g/mol. The molecule has 0 aliphatic rings. The summed E-state index contributed by atoms with van der Waals surface area (Å²) < 4.78 is 39.7. The Bertz CT molecular complexity index is 1320. The smallest absolute Gasteiger partial charge is 0.108 e. The van der Waals surface area contributed by atoms with E-state index >= 15 is 0 Å². The van der Waals surface area contributed by atoms with Crippen LogP contribution in [0.2, 0.25) is 0 Å². The fraction of sp³-hybridized carbons (Fsp3) is 0.0345. The van der Waals surface area contributed by atoms with Crippen LogP contribution in [0, 0.1) is 36.5 Å². The van der Waals surface area contributed by atoms with Crippen molar-refractivity contribution in [3.8, 4) is 33.6 Å². The Kier molecular flexibility index (Phi) is 9.07. The van der Waals surface area contributed by atoms with Crippen LogP contribution in [0.4, 0.5) is 13.2 Å². The minimum Gasteiger partial charge on any atom is -0.305 e. The molecule has 0 N–H and O–H groups in total. The summed E-state index contributed by atoms with van der Waals surface area (Å²) in [7, 11) is 0. The first-order valence-electron chi connectivity index (χ1n) is 10.5. The maximum atomic E-state index is 13.4. The van der Waals surface area contributed by atoms with Crippen LogP contribution in [0.15, 0.2) is 97.3 Å². The fourth-order valence-electron chi connectivity index (χ4n) is 3.32. The molecule has 2 heterocycles. The minimum absolute atomic E-state index is 0. The Morgan fingerprint density at radius 1 is 0.743 bits per heavy atom. The van der Waals surface area contributed by atoms with Gasteiger partial charge in [0.15, 0.2) is 0 Å². The third-order valence-electron chi connectivity index (χ3n) is 5.03. The number of nitrogens with zero attached hydrogens (tertiary/aromatic N) is 2. The van der Waals surface area contributed by atoms with Gasteiger partial charge in [-0.25, -0.2) is 8.78 Å². The molecule has 5 aromatic rings. The molecule has 0 aliphatic heterocycles. The molecule has 0 atom stereocenters. The van der Waals surface area contributed by atoms with E-state index in [0.717, 1.165) is 34.0 Å². The maximum Gasteiger partial charge on any atom is 0.108 e. The SMILES string of the molecule is Cc1cnc(-c2[c-]c(F)c(F)c(F)c2)cc1-c1ccccc1.[Ir].[c-]1ccccc1-c1ccccn1. The first kappa shape index (κ1) is 26.0. The summed E-state index contributed by atoms with van der Waals surface area (Å²) in [5, 5.41) is 0. The number of halogens is 3. The van der Waals surface area contributed by atoms with Crippen LogP contribution in [0.1, 0.15) is 5.56 Å². The van der Waals surface area contributed by atoms with Crippen LogP contribution in [0.25, 0.3) is 33.6 Å². The van der Waals surface area contributed by atoms with E-state index in [1.807, 2.05) is 79.7 Å². The average molecular weight is 645 g/mol. The summed E-state index contributed by atoms with van der Waals surface area (Å²) in [6.45, 7) is 1.90. The number of hydrogen-bond acceptors (Lipinski definition) is 2. The second kappa shape index (κ2) is 12.2. The monoisotopic (exact) mass is 645 g/mol. The molecule has 0 unspecified atom stereocenters. The van der Waals surface area contributed by atoms with E-state index in [0.29, 0.717) is 5.69 Å². The van der Waals surface area contributed by atoms with Gasteiger partial charge in [-0.2, -0.15) is 0 Å². The third-order valence-corrected chi connectivity index (χ3v) is 5.03. The summed E-state index contributed by atoms with van der Waals surface area (Å²) in [6, 6.07) is 31.2. The van der Waals surface area contributed by atoms with E-state index in [1.165, 1.54) is 0 Å². The predicted octanol–water partition coefficient (Wildman–Crippen LogP) is 7.49. The molecule has 3 aromatic carbocycles. The normalized spacial score (nSPS) is 10.1. The molecule has 177 valence electrons. The quantitative estimate of drug-likeness (QED) is 0.150. The molecule has 0 fully saturated rings. The zero-order chi connectivity index (χ0) is 23.9. The van der Waals surface area contributed by atoms with E-state index in [1.54, 1.807) is 18.5 Å². The van der Waals surface area contributed by atoms with Gasteiger partial charge in [-0.3, -0.25) is 4.39 Å². The number of pyridine rings is 2. The van der Waals surface area contributed by atoms with E-state index in [4.69, 9.17) is 0 Å². The van der Waals surface area contributed by atoms with Crippen LogP contribution in [-0.2, 0) is 20.1 Å². The van der Waals surface area contributed by atoms with Gasteiger partial charge in [0.1, 0.15) is 5.82 Å². The van der Waals surface area contributed by atoms with E-state index in [2.05, 4.69) is 22.1 Å². The van der Waals surface area contributed by atoms with Crippen molar-refractivity contribution in [1.82, 2.24) is 9.97 Å². The third kappa shape index (κ3) is 6.50. The van der Waals surface area contributed by atoms with Crippen molar-refractivity contribution in [2.45, 2.75) is 6.92 Å². The van der Waals surface area contributed by atoms with Gasteiger partial charge in [-0.15, -0.1) is 53.6 Å². The Hall–Kier alpha value is -3.60. The van der Waals surface area contributed by atoms with Crippen molar-refractivity contribution in [3.05, 3.63) is 132 Å². The summed E-state index contributed by atoms with van der Waals surface area (Å²) in [4.78, 5) is 8.38. The summed E-state index contributed by atoms with van der Waals surface area (Å²) in [6.07, 6.45) is 3.40. The minimum atomic E-state index is -1.53. The first-order valence-corrected chi connectivity index (χ1v) is 10.5. The standard InChI is InChI=1S/C18H11F3N.C11H8N.Ir/c1-11-10-22-17(9-14(11)12-5-3-2-4-6-12)13-7-15(19)18(21)16(20)8-13;1-2-6-10(7-3-1)11-8-4-5-9-12-11;/h2-7,9-10H,1H3;1-6,8-9H;/q2*-1;. The zero-order valence-electron chi connectivity index (χ0n) is 18.6. The van der Waals surface area contributed by atoms with Gasteiger partial charge < -0.3 is 9.97 Å². The van der Waals surface area contributed by atoms with Gasteiger partial charge in [0.05, 0.1) is 11.6 Å². The molecule has 5 rings (SSSR count). The zero-order valence-corrected chi connectivity index (χ0v) is 21.0. The van der Waals surface area contributed by atoms with Crippen molar-refractivity contribution < 1.29 is 33.3 Å². The summed E-state index contributed by atoms with van der Waals surface area (Å²) >= 11 is 0. The Morgan fingerprint density at radius 2 is 1.49 bits per heavy atom. The summed E-state index contributed by atoms with van der Waals surface area (Å²) in [5.41, 5.74) is 5.21. The van der Waals surface area contributed by atoms with E-state index < -0.39 is 17.5 Å². The predicted molar refractivity (Wildman–Crippen MR) is 127 cm³/mol. The van der Waals surface area contributed by atoms with Crippen molar-refractivity contribution in [1.29, 1.82) is 0 Å². The molecule has 35 heavy (non-hydrogen) atoms. The van der Waals surface area contributed by atoms with Crippen LogP contribution < -0.4 is 0 Å². The number of hydrogen-bond donors (Lipinski definition) is 0. The van der Waals surface area contributed by atoms with Crippen LogP contribution in [-0.4, -0.2) is 9.97 Å². The molecule has 1 radical (unpaired) electrons. The van der Waals surface area contributed by atoms with Crippen molar-refractivity contribution in [2.75, 3.05) is 0 Å². The van der Waals surface area contributed by atoms with Crippen LogP contribution in [0.5, 0.6) is 0 Å². The first-order chi connectivity index (χ1) is 16.5. The largest absolute Gasteiger partial charge is 0.305 e. The molecule has 2 aromatic heterocycles. The molecule has 0 aliphatic carbocycles. The van der Waals surface area contributed by atoms with Gasteiger partial charge in [0, 0.05) is 32.5 Å². The number of benzene rings is 3. The molecule has 0 saturated carbocycles. The maximum absolute atomic E-state index is 13.4.